The first-order valence-electron chi connectivity index (χ1n) is 5.39. The molecule has 0 fully saturated rings. The van der Waals surface area contributed by atoms with Crippen LogP contribution in [-0.4, -0.2) is 40.3 Å². The Morgan fingerprint density at radius 1 is 0.857 bits per heavy atom. The molecule has 3 unspecified atom stereocenters. The zero-order valence-electron chi connectivity index (χ0n) is 8.73. The van der Waals surface area contributed by atoms with Gasteiger partial charge in [0.2, 0.25) is 0 Å². The van der Waals surface area contributed by atoms with Crippen LogP contribution in [0.15, 0.2) is 0 Å². The van der Waals surface area contributed by atoms with Gasteiger partial charge in [-0.1, -0.05) is 25.7 Å². The van der Waals surface area contributed by atoms with E-state index in [1.54, 1.807) is 0 Å². The lowest BCUT2D eigenvalue weighted by molar-refractivity contribution is 0.0274. The minimum atomic E-state index is -0.600. The van der Waals surface area contributed by atoms with Crippen molar-refractivity contribution >= 4 is 9.24 Å². The molecule has 0 saturated carbocycles. The molecule has 0 aromatic rings. The SMILES string of the molecule is OCCCCCCCC(O)C(O)CP. The Balaban J connectivity index is 3.18. The fourth-order valence-electron chi connectivity index (χ4n) is 1.35. The van der Waals surface area contributed by atoms with Gasteiger partial charge in [0, 0.05) is 6.61 Å². The summed E-state index contributed by atoms with van der Waals surface area (Å²) in [5.41, 5.74) is 0. The summed E-state index contributed by atoms with van der Waals surface area (Å²) in [4.78, 5) is 0. The number of aliphatic hydroxyl groups excluding tert-OH is 3. The molecule has 3 atom stereocenters. The Morgan fingerprint density at radius 2 is 1.43 bits per heavy atom. The predicted molar refractivity (Wildman–Crippen MR) is 61.4 cm³/mol. The number of unbranched alkanes of at least 4 members (excludes halogenated alkanes) is 4. The van der Waals surface area contributed by atoms with E-state index in [0.29, 0.717) is 12.6 Å². The van der Waals surface area contributed by atoms with Gasteiger partial charge < -0.3 is 15.3 Å². The Labute approximate surface area is 88.7 Å². The molecule has 4 heteroatoms. The maximum absolute atomic E-state index is 9.42. The molecule has 0 heterocycles. The van der Waals surface area contributed by atoms with E-state index >= 15 is 0 Å². The molecule has 0 radical (unpaired) electrons. The molecule has 0 rings (SSSR count). The first-order valence-corrected chi connectivity index (χ1v) is 6.21. The topological polar surface area (TPSA) is 60.7 Å². The van der Waals surface area contributed by atoms with E-state index in [9.17, 15) is 10.2 Å². The molecule has 3 N–H and O–H groups in total. The average Bonchev–Trinajstić information content (AvgIpc) is 2.21. The summed E-state index contributed by atoms with van der Waals surface area (Å²) < 4.78 is 0. The van der Waals surface area contributed by atoms with Gasteiger partial charge in [-0.2, -0.15) is 0 Å². The minimum Gasteiger partial charge on any atom is -0.396 e. The lowest BCUT2D eigenvalue weighted by Crippen LogP contribution is -2.26. The van der Waals surface area contributed by atoms with Gasteiger partial charge in [0.15, 0.2) is 0 Å². The van der Waals surface area contributed by atoms with Gasteiger partial charge in [-0.15, -0.1) is 9.24 Å². The highest BCUT2D eigenvalue weighted by Gasteiger charge is 2.12. The quantitative estimate of drug-likeness (QED) is 0.401. The third-order valence-electron chi connectivity index (χ3n) is 2.34. The number of hydrogen-bond donors (Lipinski definition) is 3. The molecule has 0 saturated heterocycles. The fraction of sp³-hybridized carbons (Fsp3) is 1.00. The van der Waals surface area contributed by atoms with Crippen LogP contribution in [-0.2, 0) is 0 Å². The van der Waals surface area contributed by atoms with Crippen LogP contribution >= 0.6 is 9.24 Å². The van der Waals surface area contributed by atoms with Crippen molar-refractivity contribution in [3.63, 3.8) is 0 Å². The van der Waals surface area contributed by atoms with E-state index in [2.05, 4.69) is 9.24 Å². The standard InChI is InChI=1S/C10H23O3P/c11-7-5-3-1-2-4-6-9(12)10(13)8-14/h9-13H,1-8,14H2. The van der Waals surface area contributed by atoms with Crippen LogP contribution in [0.1, 0.15) is 38.5 Å². The van der Waals surface area contributed by atoms with Gasteiger partial charge in [0.05, 0.1) is 12.2 Å². The van der Waals surface area contributed by atoms with Crippen LogP contribution in [0.2, 0.25) is 0 Å². The van der Waals surface area contributed by atoms with Crippen molar-refractivity contribution < 1.29 is 15.3 Å². The highest BCUT2D eigenvalue weighted by molar-refractivity contribution is 7.16. The molecule has 86 valence electrons. The maximum atomic E-state index is 9.42. The van der Waals surface area contributed by atoms with Crippen molar-refractivity contribution in [3.05, 3.63) is 0 Å². The second-order valence-electron chi connectivity index (χ2n) is 3.65. The summed E-state index contributed by atoms with van der Waals surface area (Å²) in [6.07, 6.45) is 5.08. The van der Waals surface area contributed by atoms with Crippen LogP contribution in [0.3, 0.4) is 0 Å². The lowest BCUT2D eigenvalue weighted by Gasteiger charge is -2.15. The molecule has 0 bridgehead atoms. The van der Waals surface area contributed by atoms with E-state index in [0.717, 1.165) is 32.1 Å². The van der Waals surface area contributed by atoms with Gasteiger partial charge in [0.25, 0.3) is 0 Å². The average molecular weight is 222 g/mol. The summed E-state index contributed by atoms with van der Waals surface area (Å²) in [5.74, 6) is 0. The van der Waals surface area contributed by atoms with Gasteiger partial charge in [-0.3, -0.25) is 0 Å². The van der Waals surface area contributed by atoms with Crippen LogP contribution in [0.5, 0.6) is 0 Å². The lowest BCUT2D eigenvalue weighted by atomic mass is 10.1. The highest BCUT2D eigenvalue weighted by atomic mass is 31.0. The van der Waals surface area contributed by atoms with Gasteiger partial charge >= 0.3 is 0 Å². The van der Waals surface area contributed by atoms with Gasteiger partial charge in [-0.25, -0.2) is 0 Å². The maximum Gasteiger partial charge on any atom is 0.0833 e. The Bertz CT molecular complexity index is 122. The Kier molecular flexibility index (Phi) is 10.1. The zero-order chi connectivity index (χ0) is 10.8. The van der Waals surface area contributed by atoms with E-state index in [4.69, 9.17) is 5.11 Å². The van der Waals surface area contributed by atoms with Crippen LogP contribution in [0.4, 0.5) is 0 Å². The van der Waals surface area contributed by atoms with Crippen LogP contribution < -0.4 is 0 Å². The van der Waals surface area contributed by atoms with Crippen molar-refractivity contribution in [2.75, 3.05) is 12.8 Å². The van der Waals surface area contributed by atoms with Gasteiger partial charge in [0.1, 0.15) is 0 Å². The van der Waals surface area contributed by atoms with Crippen LogP contribution in [0.25, 0.3) is 0 Å². The zero-order valence-corrected chi connectivity index (χ0v) is 9.89. The number of aliphatic hydroxyl groups is 3. The monoisotopic (exact) mass is 222 g/mol. The fourth-order valence-corrected chi connectivity index (χ4v) is 1.66. The van der Waals surface area contributed by atoms with Crippen molar-refractivity contribution in [1.29, 1.82) is 0 Å². The predicted octanol–water partition coefficient (Wildman–Crippen LogP) is 0.916. The second kappa shape index (κ2) is 9.85. The van der Waals surface area contributed by atoms with Crippen molar-refractivity contribution in [1.82, 2.24) is 0 Å². The smallest absolute Gasteiger partial charge is 0.0833 e. The third kappa shape index (κ3) is 7.69. The third-order valence-corrected chi connectivity index (χ3v) is 2.83. The van der Waals surface area contributed by atoms with Crippen LogP contribution in [0, 0.1) is 0 Å². The van der Waals surface area contributed by atoms with E-state index in [1.807, 2.05) is 0 Å². The summed E-state index contributed by atoms with van der Waals surface area (Å²) >= 11 is 0. The molecule has 3 nitrogen and oxygen atoms in total. The van der Waals surface area contributed by atoms with Crippen molar-refractivity contribution in [3.8, 4) is 0 Å². The molecular formula is C10H23O3P. The second-order valence-corrected chi connectivity index (χ2v) is 4.12. The normalized spacial score (nSPS) is 15.4. The van der Waals surface area contributed by atoms with E-state index in [1.165, 1.54) is 0 Å². The largest absolute Gasteiger partial charge is 0.396 e. The first-order chi connectivity index (χ1) is 6.72. The Hall–Kier alpha value is 0.310. The summed E-state index contributed by atoms with van der Waals surface area (Å²) in [5, 5.41) is 27.2. The van der Waals surface area contributed by atoms with Crippen molar-refractivity contribution in [2.24, 2.45) is 0 Å². The molecule has 0 aliphatic rings. The number of rotatable bonds is 9. The summed E-state index contributed by atoms with van der Waals surface area (Å²) in [6.45, 7) is 0.272. The minimum absolute atomic E-state index is 0.272. The van der Waals surface area contributed by atoms with Gasteiger partial charge in [-0.05, 0) is 19.0 Å². The molecule has 0 spiro atoms. The summed E-state index contributed by atoms with van der Waals surface area (Å²) in [6, 6.07) is 0. The Morgan fingerprint density at radius 3 is 2.00 bits per heavy atom. The van der Waals surface area contributed by atoms with Crippen molar-refractivity contribution in [2.45, 2.75) is 50.7 Å². The molecule has 0 aromatic carbocycles. The molecule has 0 aliphatic heterocycles. The molecule has 14 heavy (non-hydrogen) atoms. The number of hydrogen-bond acceptors (Lipinski definition) is 3. The summed E-state index contributed by atoms with van der Waals surface area (Å²) in [7, 11) is 2.43. The molecule has 0 aromatic heterocycles. The van der Waals surface area contributed by atoms with E-state index in [-0.39, 0.29) is 6.61 Å². The molecular weight excluding hydrogens is 199 g/mol. The first kappa shape index (κ1) is 14.3. The molecule has 0 aliphatic carbocycles. The molecule has 0 amide bonds. The van der Waals surface area contributed by atoms with E-state index < -0.39 is 12.2 Å². The highest BCUT2D eigenvalue weighted by Crippen LogP contribution is 2.10.